The maximum Gasteiger partial charge on any atom is 0.264 e. The van der Waals surface area contributed by atoms with Gasteiger partial charge in [0.2, 0.25) is 11.8 Å². The van der Waals surface area contributed by atoms with Crippen LogP contribution in [0.15, 0.2) is 112 Å². The highest BCUT2D eigenvalue weighted by molar-refractivity contribution is 9.10. The van der Waals surface area contributed by atoms with Crippen LogP contribution in [0.25, 0.3) is 0 Å². The van der Waals surface area contributed by atoms with Gasteiger partial charge in [0.05, 0.1) is 20.6 Å². The Morgan fingerprint density at radius 1 is 0.837 bits per heavy atom. The average Bonchev–Trinajstić information content (AvgIpc) is 3.01. The first-order chi connectivity index (χ1) is 20.6. The van der Waals surface area contributed by atoms with Crippen LogP contribution in [0.5, 0.6) is 0 Å². The van der Waals surface area contributed by atoms with E-state index in [4.69, 9.17) is 23.2 Å². The van der Waals surface area contributed by atoms with Crippen molar-refractivity contribution in [1.82, 2.24) is 10.2 Å². The first-order valence-corrected chi connectivity index (χ1v) is 16.5. The van der Waals surface area contributed by atoms with Gasteiger partial charge >= 0.3 is 0 Å². The molecular formula is C32H30BrCl2N3O4S. The molecule has 224 valence electrons. The molecule has 4 aromatic rings. The summed E-state index contributed by atoms with van der Waals surface area (Å²) in [6, 6.07) is 28.1. The van der Waals surface area contributed by atoms with Gasteiger partial charge in [0, 0.05) is 24.0 Å². The van der Waals surface area contributed by atoms with Crippen molar-refractivity contribution in [2.75, 3.05) is 17.4 Å². The predicted molar refractivity (Wildman–Crippen MR) is 175 cm³/mol. The van der Waals surface area contributed by atoms with Crippen molar-refractivity contribution in [3.05, 3.63) is 129 Å². The number of anilines is 1. The largest absolute Gasteiger partial charge is 0.355 e. The number of rotatable bonds is 12. The number of hydrogen-bond donors (Lipinski definition) is 1. The number of carbonyl (C=O) groups is 2. The second kappa shape index (κ2) is 14.9. The number of halogens is 3. The van der Waals surface area contributed by atoms with Crippen LogP contribution in [-0.4, -0.2) is 44.3 Å². The fraction of sp³-hybridized carbons (Fsp3) is 0.188. The number of hydrogen-bond acceptors (Lipinski definition) is 4. The van der Waals surface area contributed by atoms with E-state index in [0.29, 0.717) is 6.54 Å². The van der Waals surface area contributed by atoms with Crippen molar-refractivity contribution in [3.63, 3.8) is 0 Å². The summed E-state index contributed by atoms with van der Waals surface area (Å²) in [5.41, 5.74) is 1.66. The Kier molecular flexibility index (Phi) is 11.3. The molecule has 0 spiro atoms. The molecule has 1 N–H and O–H groups in total. The van der Waals surface area contributed by atoms with Gasteiger partial charge in [-0.1, -0.05) is 106 Å². The van der Waals surface area contributed by atoms with Crippen molar-refractivity contribution in [1.29, 1.82) is 0 Å². The molecule has 0 saturated carbocycles. The minimum absolute atomic E-state index is 0.0134. The van der Waals surface area contributed by atoms with Gasteiger partial charge in [-0.3, -0.25) is 13.9 Å². The smallest absolute Gasteiger partial charge is 0.264 e. The highest BCUT2D eigenvalue weighted by Crippen LogP contribution is 2.35. The van der Waals surface area contributed by atoms with Gasteiger partial charge in [0.1, 0.15) is 12.6 Å². The molecule has 1 atom stereocenters. The summed E-state index contributed by atoms with van der Waals surface area (Å²) in [5, 5.41) is 2.96. The Balaban J connectivity index is 1.81. The Bertz CT molecular complexity index is 1660. The van der Waals surface area contributed by atoms with Crippen molar-refractivity contribution in [2.45, 2.75) is 30.8 Å². The molecule has 0 aliphatic rings. The maximum atomic E-state index is 14.4. The van der Waals surface area contributed by atoms with Crippen LogP contribution < -0.4 is 9.62 Å². The van der Waals surface area contributed by atoms with Crippen LogP contribution in [-0.2, 0) is 32.6 Å². The summed E-state index contributed by atoms with van der Waals surface area (Å²) in [6.45, 7) is 1.59. The highest BCUT2D eigenvalue weighted by Gasteiger charge is 2.35. The Morgan fingerprint density at radius 2 is 1.47 bits per heavy atom. The van der Waals surface area contributed by atoms with E-state index in [2.05, 4.69) is 21.2 Å². The molecule has 4 aromatic carbocycles. The van der Waals surface area contributed by atoms with Gasteiger partial charge in [0.25, 0.3) is 10.0 Å². The lowest BCUT2D eigenvalue weighted by Crippen LogP contribution is -2.53. The fourth-order valence-corrected chi connectivity index (χ4v) is 6.71. The Hall–Kier alpha value is -3.37. The summed E-state index contributed by atoms with van der Waals surface area (Å²) in [7, 11) is -4.28. The third kappa shape index (κ3) is 8.17. The molecule has 43 heavy (non-hydrogen) atoms. The lowest BCUT2D eigenvalue weighted by molar-refractivity contribution is -0.140. The van der Waals surface area contributed by atoms with E-state index in [0.717, 1.165) is 19.9 Å². The predicted octanol–water partition coefficient (Wildman–Crippen LogP) is 6.73. The van der Waals surface area contributed by atoms with Crippen LogP contribution >= 0.6 is 39.1 Å². The van der Waals surface area contributed by atoms with Gasteiger partial charge in [-0.05, 0) is 54.4 Å². The molecule has 0 unspecified atom stereocenters. The van der Waals surface area contributed by atoms with E-state index in [1.807, 2.05) is 54.6 Å². The Labute approximate surface area is 270 Å². The zero-order valence-electron chi connectivity index (χ0n) is 23.3. The summed E-state index contributed by atoms with van der Waals surface area (Å²) in [6.07, 6.45) is 0.221. The van der Waals surface area contributed by atoms with Crippen LogP contribution in [0.1, 0.15) is 18.1 Å². The number of sulfonamides is 1. The lowest BCUT2D eigenvalue weighted by atomic mass is 10.0. The molecular weight excluding hydrogens is 673 g/mol. The average molecular weight is 703 g/mol. The third-order valence-electron chi connectivity index (χ3n) is 6.70. The van der Waals surface area contributed by atoms with E-state index >= 15 is 0 Å². The van der Waals surface area contributed by atoms with E-state index in [1.165, 1.54) is 29.2 Å². The molecule has 0 aliphatic carbocycles. The monoisotopic (exact) mass is 701 g/mol. The molecule has 0 heterocycles. The minimum atomic E-state index is -4.28. The molecule has 0 fully saturated rings. The molecule has 0 radical (unpaired) electrons. The van der Waals surface area contributed by atoms with Gasteiger partial charge in [-0.25, -0.2) is 8.42 Å². The third-order valence-corrected chi connectivity index (χ3v) is 9.81. The molecule has 0 aromatic heterocycles. The number of likely N-dealkylation sites (N-methyl/N-ethyl adjacent to an activating group) is 1. The number of nitrogens with zero attached hydrogens (tertiary/aromatic N) is 2. The van der Waals surface area contributed by atoms with E-state index in [9.17, 15) is 18.0 Å². The topological polar surface area (TPSA) is 86.8 Å². The van der Waals surface area contributed by atoms with Crippen molar-refractivity contribution in [2.24, 2.45) is 0 Å². The molecule has 0 aliphatic heterocycles. The second-order valence-electron chi connectivity index (χ2n) is 9.65. The van der Waals surface area contributed by atoms with E-state index in [1.54, 1.807) is 31.2 Å². The normalized spacial score (nSPS) is 11.9. The number of nitrogens with one attached hydrogen (secondary N) is 1. The molecule has 2 amide bonds. The first-order valence-electron chi connectivity index (χ1n) is 13.5. The molecule has 7 nitrogen and oxygen atoms in total. The zero-order valence-corrected chi connectivity index (χ0v) is 27.2. The quantitative estimate of drug-likeness (QED) is 0.178. The molecule has 0 bridgehead atoms. The van der Waals surface area contributed by atoms with Crippen LogP contribution in [0.3, 0.4) is 0 Å². The van der Waals surface area contributed by atoms with Crippen molar-refractivity contribution >= 4 is 66.7 Å². The summed E-state index contributed by atoms with van der Waals surface area (Å²) >= 11 is 16.2. The zero-order chi connectivity index (χ0) is 31.0. The van der Waals surface area contributed by atoms with E-state index < -0.39 is 28.5 Å². The SMILES string of the molecule is CCNC(=O)[C@@H](Cc1ccccc1)N(Cc1ccc(Br)cc1)C(=O)CN(c1cccc(Cl)c1Cl)S(=O)(=O)c1ccccc1. The minimum Gasteiger partial charge on any atom is -0.355 e. The van der Waals surface area contributed by atoms with Gasteiger partial charge in [-0.15, -0.1) is 0 Å². The molecule has 4 rings (SSSR count). The van der Waals surface area contributed by atoms with Crippen molar-refractivity contribution in [3.8, 4) is 0 Å². The van der Waals surface area contributed by atoms with Gasteiger partial charge in [0.15, 0.2) is 0 Å². The van der Waals surface area contributed by atoms with Crippen LogP contribution in [0.4, 0.5) is 5.69 Å². The van der Waals surface area contributed by atoms with E-state index in [-0.39, 0.29) is 39.5 Å². The number of benzene rings is 4. The Morgan fingerprint density at radius 3 is 2.09 bits per heavy atom. The summed E-state index contributed by atoms with van der Waals surface area (Å²) < 4.78 is 29.8. The maximum absolute atomic E-state index is 14.4. The highest BCUT2D eigenvalue weighted by atomic mass is 79.9. The van der Waals surface area contributed by atoms with Crippen molar-refractivity contribution < 1.29 is 18.0 Å². The fourth-order valence-electron chi connectivity index (χ4n) is 4.55. The standard InChI is InChI=1S/C32H30BrCl2N3O4S/c1-2-36-32(40)29(20-23-10-5-3-6-11-23)37(21-24-16-18-25(33)19-17-24)30(39)22-38(28-15-9-14-27(34)31(28)35)43(41,42)26-12-7-4-8-13-26/h3-19,29H,2,20-22H2,1H3,(H,36,40)/t29-/m1/s1. The van der Waals surface area contributed by atoms with Gasteiger partial charge < -0.3 is 10.2 Å². The summed E-state index contributed by atoms with van der Waals surface area (Å²) in [5.74, 6) is -0.944. The van der Waals surface area contributed by atoms with Gasteiger partial charge in [-0.2, -0.15) is 0 Å². The molecule has 0 saturated heterocycles. The first kappa shape index (κ1) is 32.5. The lowest BCUT2D eigenvalue weighted by Gasteiger charge is -2.34. The second-order valence-corrected chi connectivity index (χ2v) is 13.2. The summed E-state index contributed by atoms with van der Waals surface area (Å²) in [4.78, 5) is 29.3. The number of amides is 2. The van der Waals surface area contributed by atoms with Crippen LogP contribution in [0.2, 0.25) is 10.0 Å². The number of carbonyl (C=O) groups excluding carboxylic acids is 2. The molecule has 11 heteroatoms. The van der Waals surface area contributed by atoms with Crippen LogP contribution in [0, 0.1) is 0 Å².